The first-order chi connectivity index (χ1) is 27.5. The first-order valence-electron chi connectivity index (χ1n) is 19.1. The predicted molar refractivity (Wildman–Crippen MR) is 211 cm³/mol. The van der Waals surface area contributed by atoms with Crippen molar-refractivity contribution in [3.8, 4) is 28.4 Å². The fourth-order valence-electron chi connectivity index (χ4n) is 8.19. The lowest BCUT2D eigenvalue weighted by atomic mass is 9.89. The normalized spacial score (nSPS) is 18.6. The van der Waals surface area contributed by atoms with Crippen LogP contribution in [0.3, 0.4) is 0 Å². The van der Waals surface area contributed by atoms with Crippen LogP contribution >= 0.6 is 0 Å². The van der Waals surface area contributed by atoms with E-state index >= 15 is 0 Å². The van der Waals surface area contributed by atoms with E-state index in [4.69, 9.17) is 18.9 Å². The number of pyridine rings is 2. The molecule has 300 valence electrons. The number of methoxy groups -OCH3 is 2. The number of amides is 3. The molecule has 1 spiro atoms. The number of aromatic nitrogens is 2. The number of hydrogen-bond donors (Lipinski definition) is 1. The van der Waals surface area contributed by atoms with E-state index < -0.39 is 17.9 Å². The molecule has 3 fully saturated rings. The number of morpholine rings is 1. The number of likely N-dealkylation sites (N-methyl/N-ethyl adjacent to an activating group) is 1. The lowest BCUT2D eigenvalue weighted by Crippen LogP contribution is -2.57. The van der Waals surface area contributed by atoms with Gasteiger partial charge in [-0.05, 0) is 66.6 Å². The van der Waals surface area contributed by atoms with Gasteiger partial charge in [-0.1, -0.05) is 0 Å². The van der Waals surface area contributed by atoms with Crippen molar-refractivity contribution < 1.29 is 38.1 Å². The van der Waals surface area contributed by atoms with Crippen LogP contribution in [-0.4, -0.2) is 127 Å². The minimum atomic E-state index is -0.792. The van der Waals surface area contributed by atoms with Crippen molar-refractivity contribution in [2.24, 2.45) is 7.05 Å². The molecule has 1 unspecified atom stereocenters. The van der Waals surface area contributed by atoms with Crippen LogP contribution in [0.25, 0.3) is 21.9 Å². The van der Waals surface area contributed by atoms with Gasteiger partial charge in [0.1, 0.15) is 29.9 Å². The maximum atomic E-state index is 13.2. The Kier molecular flexibility index (Phi) is 11.7. The van der Waals surface area contributed by atoms with E-state index in [0.29, 0.717) is 55.2 Å². The van der Waals surface area contributed by atoms with Crippen LogP contribution in [-0.2, 0) is 27.9 Å². The third-order valence-electron chi connectivity index (χ3n) is 11.4. The van der Waals surface area contributed by atoms with Crippen molar-refractivity contribution >= 4 is 34.8 Å². The van der Waals surface area contributed by atoms with E-state index in [1.54, 1.807) is 44.3 Å². The van der Waals surface area contributed by atoms with Gasteiger partial charge < -0.3 is 28.4 Å². The first kappa shape index (κ1) is 39.6. The van der Waals surface area contributed by atoms with Gasteiger partial charge in [-0.25, -0.2) is 0 Å². The minimum absolute atomic E-state index is 0.107. The van der Waals surface area contributed by atoms with E-state index in [-0.39, 0.29) is 41.0 Å². The largest absolute Gasteiger partial charge is 0.496 e. The Morgan fingerprint density at radius 1 is 1.04 bits per heavy atom. The number of aldehydes is 1. The fourth-order valence-corrected chi connectivity index (χ4v) is 8.19. The third kappa shape index (κ3) is 8.27. The fraction of sp³-hybridized carbons (Fsp3) is 0.429. The highest BCUT2D eigenvalue weighted by Gasteiger charge is 2.40. The van der Waals surface area contributed by atoms with Crippen LogP contribution in [0.5, 0.6) is 17.2 Å². The quantitative estimate of drug-likeness (QED) is 0.166. The van der Waals surface area contributed by atoms with E-state index in [1.165, 1.54) is 24.1 Å². The van der Waals surface area contributed by atoms with Crippen LogP contribution in [0.4, 0.5) is 0 Å². The number of nitrogens with one attached hydrogen (secondary N) is 1. The molecule has 3 aliphatic rings. The van der Waals surface area contributed by atoms with Crippen LogP contribution in [0, 0.1) is 0 Å². The molecule has 7 rings (SSSR count). The number of carbonyl (C=O) groups excluding carboxylic acids is 4. The van der Waals surface area contributed by atoms with Gasteiger partial charge in [0.05, 0.1) is 42.9 Å². The zero-order valence-electron chi connectivity index (χ0n) is 32.7. The van der Waals surface area contributed by atoms with E-state index in [1.807, 2.05) is 24.4 Å². The summed E-state index contributed by atoms with van der Waals surface area (Å²) in [6.45, 7) is 5.50. The Bertz CT molecular complexity index is 2220. The number of carbonyl (C=O) groups is 4. The summed E-state index contributed by atoms with van der Waals surface area (Å²) in [6.07, 6.45) is 7.81. The Balaban J connectivity index is 0.947. The summed E-state index contributed by atoms with van der Waals surface area (Å²) in [7, 11) is 6.55. The maximum absolute atomic E-state index is 13.2. The zero-order chi connectivity index (χ0) is 40.3. The molecule has 0 bridgehead atoms. The van der Waals surface area contributed by atoms with Crippen molar-refractivity contribution in [2.45, 2.75) is 43.9 Å². The molecule has 2 aromatic carbocycles. The molecule has 5 heterocycles. The monoisotopic (exact) mass is 780 g/mol. The van der Waals surface area contributed by atoms with E-state index in [0.717, 1.165) is 61.1 Å². The van der Waals surface area contributed by atoms with Gasteiger partial charge in [0, 0.05) is 89.5 Å². The molecule has 1 atom stereocenters. The number of rotatable bonds is 12. The Morgan fingerprint density at radius 2 is 1.79 bits per heavy atom. The number of aryl methyl sites for hydroxylation is 1. The lowest BCUT2D eigenvalue weighted by Gasteiger charge is -2.47. The highest BCUT2D eigenvalue weighted by atomic mass is 16.5. The molecule has 57 heavy (non-hydrogen) atoms. The second kappa shape index (κ2) is 16.8. The van der Waals surface area contributed by atoms with Crippen molar-refractivity contribution in [3.05, 3.63) is 82.0 Å². The van der Waals surface area contributed by atoms with Crippen LogP contribution < -0.4 is 25.1 Å². The molecule has 15 heteroatoms. The molecule has 0 radical (unpaired) electrons. The standard InChI is InChI=1S/C42H48N6O9/c1-45-23-33(31-9-12-43-22-32(31)40(45)52)27-20-36(54-3)34(37(21-27)55-4)24-47-13-10-42(11-14-47)26-48(16-18-57-42)15-17-56-29-5-6-30(28(19-29)25-49)41(53)46(2)35-7-8-38(50)44-39(35)51/h5-6,9,12,19-23,25,35H,7-8,10-11,13-18,24,26H2,1-4H3,(H,44,50,51). The number of piperidine rings is 2. The molecule has 2 aromatic heterocycles. The molecule has 3 amide bonds. The highest BCUT2D eigenvalue weighted by Crippen LogP contribution is 2.39. The summed E-state index contributed by atoms with van der Waals surface area (Å²) >= 11 is 0. The third-order valence-corrected chi connectivity index (χ3v) is 11.4. The van der Waals surface area contributed by atoms with Gasteiger partial charge in [0.2, 0.25) is 11.8 Å². The van der Waals surface area contributed by atoms with E-state index in [9.17, 15) is 24.0 Å². The summed E-state index contributed by atoms with van der Waals surface area (Å²) in [5.74, 6) is 0.511. The summed E-state index contributed by atoms with van der Waals surface area (Å²) in [5, 5.41) is 3.62. The second-order valence-electron chi connectivity index (χ2n) is 14.9. The Morgan fingerprint density at radius 3 is 2.49 bits per heavy atom. The van der Waals surface area contributed by atoms with Gasteiger partial charge in [0.25, 0.3) is 11.5 Å². The van der Waals surface area contributed by atoms with E-state index in [2.05, 4.69) is 20.1 Å². The summed E-state index contributed by atoms with van der Waals surface area (Å²) in [5.41, 5.74) is 2.66. The molecule has 0 aliphatic carbocycles. The predicted octanol–water partition coefficient (Wildman–Crippen LogP) is 3.05. The summed E-state index contributed by atoms with van der Waals surface area (Å²) < 4.78 is 25.9. The van der Waals surface area contributed by atoms with Crippen molar-refractivity contribution in [3.63, 3.8) is 0 Å². The van der Waals surface area contributed by atoms with Gasteiger partial charge >= 0.3 is 0 Å². The van der Waals surface area contributed by atoms with Gasteiger partial charge in [-0.3, -0.25) is 44.1 Å². The van der Waals surface area contributed by atoms with Crippen molar-refractivity contribution in [1.82, 2.24) is 29.6 Å². The van der Waals surface area contributed by atoms with Crippen LogP contribution in [0.1, 0.15) is 52.0 Å². The Labute approximate surface area is 330 Å². The molecule has 1 N–H and O–H groups in total. The summed E-state index contributed by atoms with van der Waals surface area (Å²) in [4.78, 5) is 72.1. The molecule has 4 aromatic rings. The smallest absolute Gasteiger partial charge is 0.259 e. The van der Waals surface area contributed by atoms with Gasteiger partial charge in [-0.2, -0.15) is 0 Å². The topological polar surface area (TPSA) is 162 Å². The number of nitrogens with zero attached hydrogens (tertiary/aromatic N) is 5. The maximum Gasteiger partial charge on any atom is 0.259 e. The molecule has 3 saturated heterocycles. The lowest BCUT2D eigenvalue weighted by molar-refractivity contribution is -0.137. The number of benzene rings is 2. The molecular weight excluding hydrogens is 732 g/mol. The van der Waals surface area contributed by atoms with Gasteiger partial charge in [-0.15, -0.1) is 0 Å². The Hall–Kier alpha value is -5.64. The number of likely N-dealkylation sites (tertiary alicyclic amines) is 1. The average molecular weight is 781 g/mol. The number of fused-ring (bicyclic) bond motifs is 1. The number of ether oxygens (including phenoxy) is 4. The van der Waals surface area contributed by atoms with Crippen LogP contribution in [0.15, 0.2) is 59.8 Å². The van der Waals surface area contributed by atoms with Crippen molar-refractivity contribution in [1.29, 1.82) is 0 Å². The zero-order valence-corrected chi connectivity index (χ0v) is 32.7. The first-order valence-corrected chi connectivity index (χ1v) is 19.1. The van der Waals surface area contributed by atoms with Crippen molar-refractivity contribution in [2.75, 3.05) is 67.2 Å². The van der Waals surface area contributed by atoms with Gasteiger partial charge in [0.15, 0.2) is 6.29 Å². The molecule has 3 aliphatic heterocycles. The second-order valence-corrected chi connectivity index (χ2v) is 14.9. The number of imide groups is 1. The summed E-state index contributed by atoms with van der Waals surface area (Å²) in [6, 6.07) is 9.79. The van der Waals surface area contributed by atoms with Crippen LogP contribution in [0.2, 0.25) is 0 Å². The number of hydrogen-bond acceptors (Lipinski definition) is 12. The SMILES string of the molecule is COc1cc(-c2cn(C)c(=O)c3cnccc23)cc(OC)c1CN1CCC2(CC1)CN(CCOc1ccc(C(=O)N(C)C3CCC(=O)NC3=O)c(C=O)c1)CCO2. The molecular formula is C42H48N6O9. The molecule has 15 nitrogen and oxygen atoms in total. The molecule has 0 saturated carbocycles. The average Bonchev–Trinajstić information content (AvgIpc) is 3.22. The highest BCUT2D eigenvalue weighted by molar-refractivity contribution is 6.06. The minimum Gasteiger partial charge on any atom is -0.496 e.